The molecule has 0 radical (unpaired) electrons. The standard InChI is InChI=1S/C15H27ClO3/c16-14(17)12-10-8-6-4-2-1-3-5-7-9-11-13-15(18)19/h1-13H2,(H,18,19). The Morgan fingerprint density at radius 3 is 1.26 bits per heavy atom. The molecule has 0 aromatic heterocycles. The summed E-state index contributed by atoms with van der Waals surface area (Å²) in [5, 5.41) is 8.26. The first-order chi connectivity index (χ1) is 9.13. The fourth-order valence-electron chi connectivity index (χ4n) is 2.13. The summed E-state index contributed by atoms with van der Waals surface area (Å²) in [6, 6.07) is 0. The van der Waals surface area contributed by atoms with E-state index in [9.17, 15) is 9.59 Å². The summed E-state index contributed by atoms with van der Waals surface area (Å²) in [5.74, 6) is -0.684. The van der Waals surface area contributed by atoms with Crippen molar-refractivity contribution in [2.24, 2.45) is 0 Å². The van der Waals surface area contributed by atoms with Crippen LogP contribution in [-0.4, -0.2) is 16.3 Å². The van der Waals surface area contributed by atoms with Crippen LogP contribution in [0.25, 0.3) is 0 Å². The van der Waals surface area contributed by atoms with Crippen molar-refractivity contribution in [2.45, 2.75) is 83.5 Å². The van der Waals surface area contributed by atoms with E-state index in [1.807, 2.05) is 0 Å². The second kappa shape index (κ2) is 13.9. The van der Waals surface area contributed by atoms with E-state index in [4.69, 9.17) is 16.7 Å². The van der Waals surface area contributed by atoms with E-state index in [1.54, 1.807) is 0 Å². The van der Waals surface area contributed by atoms with Gasteiger partial charge >= 0.3 is 5.97 Å². The summed E-state index contributed by atoms with van der Waals surface area (Å²) in [5.41, 5.74) is 0. The molecule has 0 unspecified atom stereocenters. The van der Waals surface area contributed by atoms with Crippen molar-refractivity contribution in [3.05, 3.63) is 0 Å². The van der Waals surface area contributed by atoms with Crippen LogP contribution in [0.3, 0.4) is 0 Å². The van der Waals surface area contributed by atoms with Gasteiger partial charge in [0.2, 0.25) is 5.24 Å². The second-order valence-electron chi connectivity index (χ2n) is 5.14. The number of carboxylic acids is 1. The lowest BCUT2D eigenvalue weighted by Crippen LogP contribution is -1.93. The first-order valence-electron chi connectivity index (χ1n) is 7.53. The fraction of sp³-hybridized carbons (Fsp3) is 0.867. The van der Waals surface area contributed by atoms with Gasteiger partial charge in [0.15, 0.2) is 0 Å². The van der Waals surface area contributed by atoms with Crippen molar-refractivity contribution in [3.63, 3.8) is 0 Å². The van der Waals surface area contributed by atoms with Crippen LogP contribution in [-0.2, 0) is 9.59 Å². The molecule has 4 heteroatoms. The number of hydrogen-bond acceptors (Lipinski definition) is 2. The molecule has 0 aliphatic carbocycles. The van der Waals surface area contributed by atoms with Crippen molar-refractivity contribution < 1.29 is 14.7 Å². The zero-order valence-corrected chi connectivity index (χ0v) is 12.6. The topological polar surface area (TPSA) is 54.4 Å². The van der Waals surface area contributed by atoms with Crippen LogP contribution in [0.5, 0.6) is 0 Å². The normalized spacial score (nSPS) is 10.6. The first-order valence-corrected chi connectivity index (χ1v) is 7.91. The molecule has 0 saturated heterocycles. The minimum absolute atomic E-state index is 0.220. The Labute approximate surface area is 121 Å². The lowest BCUT2D eigenvalue weighted by atomic mass is 10.0. The Morgan fingerprint density at radius 1 is 0.632 bits per heavy atom. The van der Waals surface area contributed by atoms with E-state index >= 15 is 0 Å². The number of hydrogen-bond donors (Lipinski definition) is 1. The van der Waals surface area contributed by atoms with Gasteiger partial charge in [0.05, 0.1) is 0 Å². The van der Waals surface area contributed by atoms with Crippen LogP contribution in [0, 0.1) is 0 Å². The van der Waals surface area contributed by atoms with E-state index < -0.39 is 5.97 Å². The number of aliphatic carboxylic acids is 1. The van der Waals surface area contributed by atoms with Crippen molar-refractivity contribution in [3.8, 4) is 0 Å². The highest BCUT2D eigenvalue weighted by atomic mass is 35.5. The van der Waals surface area contributed by atoms with Gasteiger partial charge in [0.25, 0.3) is 0 Å². The van der Waals surface area contributed by atoms with Gasteiger partial charge in [-0.25, -0.2) is 0 Å². The minimum atomic E-state index is -0.684. The average molecular weight is 291 g/mol. The van der Waals surface area contributed by atoms with Crippen LogP contribution in [0.1, 0.15) is 83.5 Å². The van der Waals surface area contributed by atoms with Crippen molar-refractivity contribution in [2.75, 3.05) is 0 Å². The summed E-state index contributed by atoms with van der Waals surface area (Å²) >= 11 is 5.26. The third kappa shape index (κ3) is 17.4. The number of carbonyl (C=O) groups is 2. The molecule has 0 saturated carbocycles. The molecule has 0 aromatic carbocycles. The number of rotatable bonds is 14. The molecule has 0 aromatic rings. The monoisotopic (exact) mass is 290 g/mol. The summed E-state index contributed by atoms with van der Waals surface area (Å²) in [6.07, 6.45) is 13.3. The van der Waals surface area contributed by atoms with Crippen LogP contribution < -0.4 is 0 Å². The van der Waals surface area contributed by atoms with E-state index in [0.29, 0.717) is 12.8 Å². The molecule has 0 aliphatic rings. The van der Waals surface area contributed by atoms with Crippen molar-refractivity contribution in [1.29, 1.82) is 0 Å². The van der Waals surface area contributed by atoms with E-state index in [2.05, 4.69) is 0 Å². The molecule has 3 nitrogen and oxygen atoms in total. The summed E-state index contributed by atoms with van der Waals surface area (Å²) < 4.78 is 0. The lowest BCUT2D eigenvalue weighted by Gasteiger charge is -2.02. The molecule has 0 rings (SSSR count). The van der Waals surface area contributed by atoms with Crippen LogP contribution in [0.4, 0.5) is 0 Å². The fourth-order valence-corrected chi connectivity index (χ4v) is 2.26. The number of carboxylic acid groups (broad SMARTS) is 1. The van der Waals surface area contributed by atoms with Gasteiger partial charge in [-0.2, -0.15) is 0 Å². The Kier molecular flexibility index (Phi) is 13.4. The molecule has 0 fully saturated rings. The van der Waals surface area contributed by atoms with Gasteiger partial charge in [-0.3, -0.25) is 9.59 Å². The van der Waals surface area contributed by atoms with Crippen LogP contribution >= 0.6 is 11.6 Å². The van der Waals surface area contributed by atoms with E-state index in [0.717, 1.165) is 32.1 Å². The molecular weight excluding hydrogens is 264 g/mol. The smallest absolute Gasteiger partial charge is 0.303 e. The lowest BCUT2D eigenvalue weighted by molar-refractivity contribution is -0.137. The predicted molar refractivity (Wildman–Crippen MR) is 78.5 cm³/mol. The Hall–Kier alpha value is -0.570. The summed E-state index contributed by atoms with van der Waals surface area (Å²) in [6.45, 7) is 0. The molecule has 0 heterocycles. The third-order valence-electron chi connectivity index (χ3n) is 3.26. The SMILES string of the molecule is O=C(O)CCCCCCCCCCCCCC(=O)Cl. The van der Waals surface area contributed by atoms with Crippen LogP contribution in [0.15, 0.2) is 0 Å². The Balaban J connectivity index is 2.99. The molecule has 0 aliphatic heterocycles. The molecule has 0 atom stereocenters. The summed E-state index contributed by atoms with van der Waals surface area (Å²) in [7, 11) is 0. The van der Waals surface area contributed by atoms with Gasteiger partial charge in [0, 0.05) is 12.8 Å². The highest BCUT2D eigenvalue weighted by Gasteiger charge is 1.97. The molecule has 19 heavy (non-hydrogen) atoms. The van der Waals surface area contributed by atoms with Gasteiger partial charge < -0.3 is 5.11 Å². The first kappa shape index (κ1) is 18.4. The van der Waals surface area contributed by atoms with Gasteiger partial charge in [-0.1, -0.05) is 57.8 Å². The van der Waals surface area contributed by atoms with E-state index in [1.165, 1.54) is 38.5 Å². The molecular formula is C15H27ClO3. The number of unbranched alkanes of at least 4 members (excludes halogenated alkanes) is 10. The largest absolute Gasteiger partial charge is 0.481 e. The molecule has 0 amide bonds. The minimum Gasteiger partial charge on any atom is -0.481 e. The molecule has 112 valence electrons. The average Bonchev–Trinajstić information content (AvgIpc) is 2.34. The molecule has 0 bridgehead atoms. The maximum atomic E-state index is 10.5. The Morgan fingerprint density at radius 2 is 0.947 bits per heavy atom. The van der Waals surface area contributed by atoms with Gasteiger partial charge in [0.1, 0.15) is 0 Å². The van der Waals surface area contributed by atoms with Gasteiger partial charge in [-0.05, 0) is 24.4 Å². The van der Waals surface area contributed by atoms with Crippen LogP contribution in [0.2, 0.25) is 0 Å². The van der Waals surface area contributed by atoms with Crippen molar-refractivity contribution in [1.82, 2.24) is 0 Å². The van der Waals surface area contributed by atoms with Crippen molar-refractivity contribution >= 4 is 22.8 Å². The quantitative estimate of drug-likeness (QED) is 0.365. The van der Waals surface area contributed by atoms with Gasteiger partial charge in [-0.15, -0.1) is 0 Å². The highest BCUT2D eigenvalue weighted by Crippen LogP contribution is 2.12. The second-order valence-corrected chi connectivity index (χ2v) is 5.56. The molecule has 1 N–H and O–H groups in total. The zero-order valence-electron chi connectivity index (χ0n) is 11.8. The number of carbonyl (C=O) groups excluding carboxylic acids is 1. The predicted octanol–water partition coefficient (Wildman–Crippen LogP) is 4.91. The summed E-state index contributed by atoms with van der Waals surface area (Å²) in [4.78, 5) is 20.8. The Bertz CT molecular complexity index is 218. The molecule has 0 spiro atoms. The highest BCUT2D eigenvalue weighted by molar-refractivity contribution is 6.63. The maximum Gasteiger partial charge on any atom is 0.303 e. The maximum absolute atomic E-state index is 10.5. The zero-order chi connectivity index (χ0) is 14.3. The third-order valence-corrected chi connectivity index (χ3v) is 3.45. The number of halogens is 1. The van der Waals surface area contributed by atoms with E-state index in [-0.39, 0.29) is 5.24 Å².